The summed E-state index contributed by atoms with van der Waals surface area (Å²) in [7, 11) is 0. The second-order valence-corrected chi connectivity index (χ2v) is 3.77. The summed E-state index contributed by atoms with van der Waals surface area (Å²) in [5, 5.41) is 0. The molecule has 2 nitrogen and oxygen atoms in total. The van der Waals surface area contributed by atoms with Crippen molar-refractivity contribution in [1.29, 1.82) is 0 Å². The van der Waals surface area contributed by atoms with Gasteiger partial charge < -0.3 is 4.98 Å². The largest absolute Gasteiger partial charge is 0.356 e. The first kappa shape index (κ1) is 10.0. The number of ketones is 1. The summed E-state index contributed by atoms with van der Waals surface area (Å²) in [5.41, 5.74) is 1.91. The third-order valence-corrected chi connectivity index (χ3v) is 2.00. The third-order valence-electron chi connectivity index (χ3n) is 2.00. The lowest BCUT2D eigenvalue weighted by Gasteiger charge is -2.00. The van der Waals surface area contributed by atoms with Crippen LogP contribution in [0.2, 0.25) is 0 Å². The second kappa shape index (κ2) is 4.26. The number of Topliss-reactive ketones (excluding diaryl/α,β-unsaturated/α-hetero) is 1. The molecule has 0 saturated carbocycles. The summed E-state index contributed by atoms with van der Waals surface area (Å²) >= 11 is 0. The van der Waals surface area contributed by atoms with Crippen LogP contribution in [0.5, 0.6) is 0 Å². The number of carbonyl (C=O) groups excluding carboxylic acids is 1. The van der Waals surface area contributed by atoms with Crippen molar-refractivity contribution >= 4 is 5.78 Å². The van der Waals surface area contributed by atoms with Crippen molar-refractivity contribution in [3.8, 4) is 0 Å². The van der Waals surface area contributed by atoms with Crippen LogP contribution >= 0.6 is 0 Å². The van der Waals surface area contributed by atoms with Crippen molar-refractivity contribution in [1.82, 2.24) is 4.98 Å². The molecule has 1 N–H and O–H groups in total. The minimum atomic E-state index is 0.190. The van der Waals surface area contributed by atoms with Gasteiger partial charge in [0.05, 0.1) is 5.69 Å². The molecule has 0 bridgehead atoms. The predicted molar refractivity (Wildman–Crippen MR) is 54.0 cm³/mol. The van der Waals surface area contributed by atoms with Gasteiger partial charge in [0.15, 0.2) is 5.78 Å². The second-order valence-electron chi connectivity index (χ2n) is 3.77. The summed E-state index contributed by atoms with van der Waals surface area (Å²) in [6.45, 7) is 6.22. The summed E-state index contributed by atoms with van der Waals surface area (Å²) in [6, 6.07) is 3.88. The molecule has 0 aliphatic carbocycles. The molecule has 2 heteroatoms. The molecule has 0 radical (unpaired) electrons. The van der Waals surface area contributed by atoms with E-state index in [0.29, 0.717) is 12.3 Å². The maximum Gasteiger partial charge on any atom is 0.178 e. The van der Waals surface area contributed by atoms with E-state index in [-0.39, 0.29) is 5.78 Å². The average molecular weight is 179 g/mol. The molecule has 1 aromatic heterocycles. The van der Waals surface area contributed by atoms with E-state index in [4.69, 9.17) is 0 Å². The van der Waals surface area contributed by atoms with Crippen molar-refractivity contribution in [2.24, 2.45) is 5.92 Å². The van der Waals surface area contributed by atoms with Crippen LogP contribution in [0.15, 0.2) is 12.1 Å². The lowest BCUT2D eigenvalue weighted by molar-refractivity contribution is 0.0984. The Bertz CT molecular complexity index is 286. The Morgan fingerprint density at radius 2 is 2.15 bits per heavy atom. The molecule has 72 valence electrons. The van der Waals surface area contributed by atoms with Gasteiger partial charge >= 0.3 is 0 Å². The van der Waals surface area contributed by atoms with E-state index >= 15 is 0 Å². The topological polar surface area (TPSA) is 32.9 Å². The Labute approximate surface area is 79.4 Å². The highest BCUT2D eigenvalue weighted by Crippen LogP contribution is 2.09. The van der Waals surface area contributed by atoms with E-state index in [1.54, 1.807) is 0 Å². The maximum atomic E-state index is 11.3. The van der Waals surface area contributed by atoms with Crippen molar-refractivity contribution < 1.29 is 4.79 Å². The molecule has 1 rings (SSSR count). The zero-order valence-corrected chi connectivity index (χ0v) is 8.55. The zero-order chi connectivity index (χ0) is 9.84. The number of nitrogens with one attached hydrogen (secondary N) is 1. The predicted octanol–water partition coefficient (Wildman–Crippen LogP) is 2.81. The highest BCUT2D eigenvalue weighted by molar-refractivity contribution is 5.94. The van der Waals surface area contributed by atoms with Gasteiger partial charge in [-0.05, 0) is 24.5 Å². The fraction of sp³-hybridized carbons (Fsp3) is 0.545. The molecule has 0 fully saturated rings. The number of rotatable bonds is 4. The van der Waals surface area contributed by atoms with Gasteiger partial charge in [0, 0.05) is 12.1 Å². The number of aromatic nitrogens is 1. The van der Waals surface area contributed by atoms with Crippen LogP contribution in [0, 0.1) is 5.92 Å². The maximum absolute atomic E-state index is 11.3. The van der Waals surface area contributed by atoms with Gasteiger partial charge in [-0.3, -0.25) is 4.79 Å². The molecule has 0 aliphatic rings. The number of hydrogen-bond donors (Lipinski definition) is 1. The van der Waals surface area contributed by atoms with Crippen molar-refractivity contribution in [3.05, 3.63) is 23.5 Å². The molecule has 0 aliphatic heterocycles. The van der Waals surface area contributed by atoms with Crippen molar-refractivity contribution in [3.63, 3.8) is 0 Å². The molecule has 0 unspecified atom stereocenters. The summed E-state index contributed by atoms with van der Waals surface area (Å²) < 4.78 is 0. The van der Waals surface area contributed by atoms with Crippen molar-refractivity contribution in [2.45, 2.75) is 33.6 Å². The zero-order valence-electron chi connectivity index (χ0n) is 8.55. The highest BCUT2D eigenvalue weighted by Gasteiger charge is 2.06. The number of hydrogen-bond acceptors (Lipinski definition) is 1. The van der Waals surface area contributed by atoms with Gasteiger partial charge in [0.2, 0.25) is 0 Å². The van der Waals surface area contributed by atoms with Gasteiger partial charge in [-0.25, -0.2) is 0 Å². The standard InChI is InChI=1S/C11H17NO/c1-4-11(13)10-6-5-9(12-10)7-8(2)3/h5-6,8,12H,4,7H2,1-3H3. The monoisotopic (exact) mass is 179 g/mol. The summed E-state index contributed by atoms with van der Waals surface area (Å²) in [6.07, 6.45) is 1.58. The van der Waals surface area contributed by atoms with E-state index in [2.05, 4.69) is 18.8 Å². The molecule has 0 aromatic carbocycles. The summed E-state index contributed by atoms with van der Waals surface area (Å²) in [5.74, 6) is 0.818. The number of H-pyrrole nitrogens is 1. The molecule has 0 spiro atoms. The summed E-state index contributed by atoms with van der Waals surface area (Å²) in [4.78, 5) is 14.4. The molecular formula is C11H17NO. The molecule has 1 heterocycles. The van der Waals surface area contributed by atoms with Crippen LogP contribution in [-0.4, -0.2) is 10.8 Å². The lowest BCUT2D eigenvalue weighted by Crippen LogP contribution is -1.98. The molecule has 1 aromatic rings. The fourth-order valence-electron chi connectivity index (χ4n) is 1.35. The van der Waals surface area contributed by atoms with Gasteiger partial charge in [-0.1, -0.05) is 20.8 Å². The number of carbonyl (C=O) groups is 1. The molecule has 0 atom stereocenters. The highest BCUT2D eigenvalue weighted by atomic mass is 16.1. The van der Waals surface area contributed by atoms with Gasteiger partial charge in [-0.15, -0.1) is 0 Å². The first-order valence-electron chi connectivity index (χ1n) is 4.84. The van der Waals surface area contributed by atoms with Crippen LogP contribution in [0.4, 0.5) is 0 Å². The molecule has 0 saturated heterocycles. The Morgan fingerprint density at radius 3 is 2.69 bits per heavy atom. The fourth-order valence-corrected chi connectivity index (χ4v) is 1.35. The SMILES string of the molecule is CCC(=O)c1ccc(CC(C)C)[nH]1. The Kier molecular flexibility index (Phi) is 3.29. The average Bonchev–Trinajstić information content (AvgIpc) is 2.50. The normalized spacial score (nSPS) is 10.8. The van der Waals surface area contributed by atoms with Crippen molar-refractivity contribution in [2.75, 3.05) is 0 Å². The first-order valence-corrected chi connectivity index (χ1v) is 4.84. The quantitative estimate of drug-likeness (QED) is 0.708. The van der Waals surface area contributed by atoms with E-state index in [1.165, 1.54) is 0 Å². The molecule has 0 amide bonds. The van der Waals surface area contributed by atoms with E-state index in [1.807, 2.05) is 19.1 Å². The minimum absolute atomic E-state index is 0.190. The smallest absolute Gasteiger partial charge is 0.178 e. The van der Waals surface area contributed by atoms with Gasteiger partial charge in [-0.2, -0.15) is 0 Å². The Morgan fingerprint density at radius 1 is 1.46 bits per heavy atom. The van der Waals surface area contributed by atoms with Gasteiger partial charge in [0.1, 0.15) is 0 Å². The van der Waals surface area contributed by atoms with E-state index in [0.717, 1.165) is 17.8 Å². The minimum Gasteiger partial charge on any atom is -0.356 e. The number of aromatic amines is 1. The van der Waals surface area contributed by atoms with Crippen LogP contribution in [0.3, 0.4) is 0 Å². The molecular weight excluding hydrogens is 162 g/mol. The van der Waals surface area contributed by atoms with Crippen LogP contribution < -0.4 is 0 Å². The van der Waals surface area contributed by atoms with Gasteiger partial charge in [0.25, 0.3) is 0 Å². The molecule has 13 heavy (non-hydrogen) atoms. The van der Waals surface area contributed by atoms with Crippen LogP contribution in [-0.2, 0) is 6.42 Å². The van der Waals surface area contributed by atoms with E-state index < -0.39 is 0 Å². The lowest BCUT2D eigenvalue weighted by atomic mass is 10.1. The van der Waals surface area contributed by atoms with E-state index in [9.17, 15) is 4.79 Å². The first-order chi connectivity index (χ1) is 6.13. The third kappa shape index (κ3) is 2.72. The Balaban J connectivity index is 2.69. The van der Waals surface area contributed by atoms with Crippen LogP contribution in [0.1, 0.15) is 43.4 Å². The Hall–Kier alpha value is -1.05. The van der Waals surface area contributed by atoms with Crippen LogP contribution in [0.25, 0.3) is 0 Å².